The average Bonchev–Trinajstić information content (AvgIpc) is 3.72. The van der Waals surface area contributed by atoms with Gasteiger partial charge in [-0.2, -0.15) is 0 Å². The van der Waals surface area contributed by atoms with E-state index in [-0.39, 0.29) is 16.5 Å². The third-order valence-corrected chi connectivity index (χ3v) is 9.10. The van der Waals surface area contributed by atoms with E-state index in [1.54, 1.807) is 0 Å². The molecule has 0 saturated heterocycles. The Morgan fingerprint density at radius 1 is 0.535 bits per heavy atom. The van der Waals surface area contributed by atoms with Crippen molar-refractivity contribution in [2.75, 3.05) is 0 Å². The molecular weight excluding hydrogens is 571 g/mol. The summed E-state index contributed by atoms with van der Waals surface area (Å²) in [6.45, 7) is 17.7. The summed E-state index contributed by atoms with van der Waals surface area (Å²) in [5.41, 5.74) is 18.8. The molecule has 0 amide bonds. The first-order valence-corrected chi connectivity index (χ1v) is 16.0. The Balaban J connectivity index is 0.00000423. The van der Waals surface area contributed by atoms with Crippen molar-refractivity contribution in [3.8, 4) is 12.3 Å². The molecule has 0 aliphatic carbocycles. The predicted molar refractivity (Wildman–Crippen MR) is 179 cm³/mol. The minimum atomic E-state index is 0. The molecule has 0 radical (unpaired) electrons. The van der Waals surface area contributed by atoms with E-state index < -0.39 is 0 Å². The monoisotopic (exact) mass is 614 g/mol. The van der Waals surface area contributed by atoms with Crippen LogP contribution in [0.25, 0.3) is 44.4 Å². The molecule has 0 unspecified atom stereocenters. The van der Waals surface area contributed by atoms with Gasteiger partial charge in [0.1, 0.15) is 0 Å². The van der Waals surface area contributed by atoms with E-state index in [0.29, 0.717) is 0 Å². The van der Waals surface area contributed by atoms with Crippen molar-refractivity contribution in [3.63, 3.8) is 0 Å². The van der Waals surface area contributed by atoms with E-state index in [0.717, 1.165) is 102 Å². The van der Waals surface area contributed by atoms with Gasteiger partial charge in [-0.1, -0.05) is 102 Å². The van der Waals surface area contributed by atoms with Gasteiger partial charge in [-0.15, -0.1) is 28.5 Å². The zero-order chi connectivity index (χ0) is 30.1. The quantitative estimate of drug-likeness (QED) is 0.187. The molecule has 5 heteroatoms. The summed E-state index contributed by atoms with van der Waals surface area (Å²) in [5, 5.41) is 0. The second kappa shape index (κ2) is 13.5. The van der Waals surface area contributed by atoms with Gasteiger partial charge in [0.15, 0.2) is 0 Å². The number of hydrogen-bond donors (Lipinski definition) is 0. The standard InChI is InChI=1S/C38H44N4.Ni/c1-10-22-24(12-3)33-20-35-26(14-5)28(16-7)37(41-35)30(18-9)38-29(17-8)27(15-6)36(42-38)21-34-25(13-4)23(11-2)32(40-34)19-31(22)39-33;/h9,19-21H,10-17H2,1-8H3;/q-2;+2. The van der Waals surface area contributed by atoms with Crippen LogP contribution < -0.4 is 9.97 Å². The molecule has 0 aromatic carbocycles. The molecule has 43 heavy (non-hydrogen) atoms. The van der Waals surface area contributed by atoms with Crippen LogP contribution >= 0.6 is 0 Å². The number of nitrogens with zero attached hydrogens (tertiary/aromatic N) is 4. The van der Waals surface area contributed by atoms with E-state index in [2.05, 4.69) is 79.5 Å². The normalized spacial score (nSPS) is 13.0. The number of fused-ring (bicyclic) bond motifs is 8. The van der Waals surface area contributed by atoms with Crippen LogP contribution in [0.5, 0.6) is 0 Å². The van der Waals surface area contributed by atoms with Gasteiger partial charge in [-0.25, -0.2) is 9.97 Å². The third-order valence-electron chi connectivity index (χ3n) is 9.10. The summed E-state index contributed by atoms with van der Waals surface area (Å²) in [6.07, 6.45) is 13.5. The summed E-state index contributed by atoms with van der Waals surface area (Å²) < 4.78 is 0. The Morgan fingerprint density at radius 3 is 1.35 bits per heavy atom. The number of aryl methyl sites for hydroxylation is 4. The number of allylic oxidation sites excluding steroid dienone is 4. The van der Waals surface area contributed by atoms with Crippen molar-refractivity contribution in [1.82, 2.24) is 19.9 Å². The minimum absolute atomic E-state index is 0. The van der Waals surface area contributed by atoms with Crippen LogP contribution in [0.3, 0.4) is 0 Å². The number of rotatable bonds is 8. The van der Waals surface area contributed by atoms with Gasteiger partial charge in [0.05, 0.1) is 22.8 Å². The molecule has 8 bridgehead atoms. The molecule has 3 aromatic rings. The van der Waals surface area contributed by atoms with Gasteiger partial charge >= 0.3 is 16.5 Å². The first kappa shape index (κ1) is 32.6. The van der Waals surface area contributed by atoms with Crippen molar-refractivity contribution >= 4 is 44.4 Å². The van der Waals surface area contributed by atoms with Crippen LogP contribution in [0, 0.1) is 12.3 Å². The summed E-state index contributed by atoms with van der Waals surface area (Å²) in [6, 6.07) is 6.63. The number of terminal acetylenes is 1. The van der Waals surface area contributed by atoms with Crippen molar-refractivity contribution in [2.45, 2.75) is 107 Å². The van der Waals surface area contributed by atoms with Gasteiger partial charge in [0.25, 0.3) is 0 Å². The summed E-state index contributed by atoms with van der Waals surface area (Å²) in [7, 11) is 0. The maximum absolute atomic E-state index is 6.34. The fourth-order valence-electron chi connectivity index (χ4n) is 7.15. The molecule has 0 spiro atoms. The van der Waals surface area contributed by atoms with Gasteiger partial charge < -0.3 is 9.97 Å². The van der Waals surface area contributed by atoms with Crippen molar-refractivity contribution < 1.29 is 16.5 Å². The Kier molecular flexibility index (Phi) is 10.2. The van der Waals surface area contributed by atoms with E-state index in [9.17, 15) is 0 Å². The maximum atomic E-state index is 6.34. The van der Waals surface area contributed by atoms with Crippen LogP contribution in [0.4, 0.5) is 0 Å². The van der Waals surface area contributed by atoms with E-state index in [1.807, 2.05) is 0 Å². The molecule has 0 N–H and O–H groups in total. The van der Waals surface area contributed by atoms with Crippen molar-refractivity contribution in [1.29, 1.82) is 0 Å². The van der Waals surface area contributed by atoms with Crippen LogP contribution in [0.15, 0.2) is 18.2 Å². The maximum Gasteiger partial charge on any atom is 2.00 e. The molecule has 226 valence electrons. The minimum Gasteiger partial charge on any atom is -0.657 e. The molecule has 5 rings (SSSR count). The predicted octanol–water partition coefficient (Wildman–Crippen LogP) is 9.26. The van der Waals surface area contributed by atoms with Crippen LogP contribution in [-0.2, 0) is 42.2 Å². The second-order valence-corrected chi connectivity index (χ2v) is 11.1. The van der Waals surface area contributed by atoms with Crippen LogP contribution in [0.1, 0.15) is 132 Å². The zero-order valence-electron chi connectivity index (χ0n) is 27.1. The molecule has 4 nitrogen and oxygen atoms in total. The molecule has 0 saturated carbocycles. The molecule has 2 aliphatic rings. The topological polar surface area (TPSA) is 54.0 Å². The first-order chi connectivity index (χ1) is 20.4. The summed E-state index contributed by atoms with van der Waals surface area (Å²) in [5.74, 6) is 3.06. The Bertz CT molecular complexity index is 1820. The Hall–Kier alpha value is -3.35. The van der Waals surface area contributed by atoms with Gasteiger partial charge in [-0.3, -0.25) is 0 Å². The third kappa shape index (κ3) is 5.34. The van der Waals surface area contributed by atoms with Crippen LogP contribution in [-0.4, -0.2) is 9.97 Å². The summed E-state index contributed by atoms with van der Waals surface area (Å²) >= 11 is 0. The SMILES string of the molecule is C#Cc1c2nc(cc3[n-]c(cc4nc(cc5[n-]c1c(CC)c5CC)C(CC)=C4CC)c(CC)c3CC)C(CC)=C2CC.[Ni+2]. The summed E-state index contributed by atoms with van der Waals surface area (Å²) in [4.78, 5) is 21.1. The molecular formula is C38H44N4Ni. The smallest absolute Gasteiger partial charge is 0.657 e. The number of aromatic nitrogens is 4. The number of hydrogen-bond acceptors (Lipinski definition) is 2. The van der Waals surface area contributed by atoms with Gasteiger partial charge in [0, 0.05) is 5.56 Å². The largest absolute Gasteiger partial charge is 2.00 e. The van der Waals surface area contributed by atoms with Crippen LogP contribution in [0.2, 0.25) is 0 Å². The second-order valence-electron chi connectivity index (χ2n) is 11.1. The average molecular weight is 615 g/mol. The fraction of sp³-hybridized carbons (Fsp3) is 0.421. The molecule has 0 atom stereocenters. The van der Waals surface area contributed by atoms with Gasteiger partial charge in [0.2, 0.25) is 0 Å². The van der Waals surface area contributed by atoms with Gasteiger partial charge in [-0.05, 0) is 73.7 Å². The molecule has 0 fully saturated rings. The zero-order valence-corrected chi connectivity index (χ0v) is 28.1. The fourth-order valence-corrected chi connectivity index (χ4v) is 7.15. The van der Waals surface area contributed by atoms with E-state index in [1.165, 1.54) is 44.5 Å². The van der Waals surface area contributed by atoms with Crippen molar-refractivity contribution in [3.05, 3.63) is 68.8 Å². The van der Waals surface area contributed by atoms with E-state index in [4.69, 9.17) is 26.4 Å². The van der Waals surface area contributed by atoms with E-state index >= 15 is 0 Å². The molecule has 2 aliphatic heterocycles. The molecule has 5 heterocycles. The first-order valence-electron chi connectivity index (χ1n) is 16.0. The van der Waals surface area contributed by atoms with Crippen molar-refractivity contribution in [2.24, 2.45) is 0 Å². The molecule has 3 aromatic heterocycles. The Morgan fingerprint density at radius 2 is 0.930 bits per heavy atom. The Labute approximate surface area is 267 Å².